The predicted molar refractivity (Wildman–Crippen MR) is 80.2 cm³/mol. The van der Waals surface area contributed by atoms with Crippen LogP contribution in [0.3, 0.4) is 0 Å². The molecule has 0 fully saturated rings. The average Bonchev–Trinajstić information content (AvgIpc) is 2.48. The first-order chi connectivity index (χ1) is 9.75. The summed E-state index contributed by atoms with van der Waals surface area (Å²) < 4.78 is 0. The van der Waals surface area contributed by atoms with Crippen molar-refractivity contribution in [3.8, 4) is 22.5 Å². The summed E-state index contributed by atoms with van der Waals surface area (Å²) >= 11 is 0. The minimum atomic E-state index is 0.941. The zero-order valence-electron chi connectivity index (χ0n) is 11.5. The van der Waals surface area contributed by atoms with Crippen LogP contribution in [0.2, 0.25) is 0 Å². The van der Waals surface area contributed by atoms with Crippen LogP contribution >= 0.6 is 0 Å². The van der Waals surface area contributed by atoms with E-state index >= 15 is 0 Å². The van der Waals surface area contributed by atoms with Crippen molar-refractivity contribution in [2.24, 2.45) is 0 Å². The summed E-state index contributed by atoms with van der Waals surface area (Å²) in [6.07, 6.45) is 3.60. The Bertz CT molecular complexity index is 690. The number of aromatic nitrogens is 3. The number of hydrogen-bond donors (Lipinski definition) is 0. The molecule has 0 saturated carbocycles. The number of nitrogens with zero attached hydrogens (tertiary/aromatic N) is 3. The minimum absolute atomic E-state index is 0.941. The van der Waals surface area contributed by atoms with E-state index in [2.05, 4.69) is 9.97 Å². The Kier molecular flexibility index (Phi) is 3.25. The van der Waals surface area contributed by atoms with Crippen molar-refractivity contribution >= 4 is 0 Å². The fourth-order valence-electron chi connectivity index (χ4n) is 2.24. The lowest BCUT2D eigenvalue weighted by Gasteiger charge is -2.08. The van der Waals surface area contributed by atoms with Crippen LogP contribution in [0, 0.1) is 13.8 Å². The smallest absolute Gasteiger partial charge is 0.0727 e. The normalized spacial score (nSPS) is 10.5. The highest BCUT2D eigenvalue weighted by molar-refractivity contribution is 5.68. The van der Waals surface area contributed by atoms with Crippen LogP contribution in [-0.2, 0) is 0 Å². The summed E-state index contributed by atoms with van der Waals surface area (Å²) in [6.45, 7) is 4.00. The molecular formula is C17H15N3. The Hall–Kier alpha value is -2.55. The van der Waals surface area contributed by atoms with E-state index in [1.807, 2.05) is 56.3 Å². The van der Waals surface area contributed by atoms with Gasteiger partial charge in [0.1, 0.15) is 0 Å². The van der Waals surface area contributed by atoms with Gasteiger partial charge < -0.3 is 0 Å². The van der Waals surface area contributed by atoms with Crippen LogP contribution in [0.15, 0.2) is 54.9 Å². The molecule has 0 radical (unpaired) electrons. The highest BCUT2D eigenvalue weighted by Gasteiger charge is 2.07. The molecule has 98 valence electrons. The quantitative estimate of drug-likeness (QED) is 0.704. The third-order valence-corrected chi connectivity index (χ3v) is 3.31. The van der Waals surface area contributed by atoms with Gasteiger partial charge in [-0.15, -0.1) is 0 Å². The van der Waals surface area contributed by atoms with Gasteiger partial charge in [-0.3, -0.25) is 9.97 Å². The molecular weight excluding hydrogens is 246 g/mol. The Balaban J connectivity index is 2.12. The SMILES string of the molecule is Cc1ncccc1-c1cccc(-c2cccnc2C)n1. The zero-order valence-corrected chi connectivity index (χ0v) is 11.5. The number of pyridine rings is 3. The molecule has 0 aliphatic carbocycles. The maximum absolute atomic E-state index is 4.75. The van der Waals surface area contributed by atoms with Crippen LogP contribution < -0.4 is 0 Å². The van der Waals surface area contributed by atoms with E-state index in [4.69, 9.17) is 4.98 Å². The number of aryl methyl sites for hydroxylation is 2. The topological polar surface area (TPSA) is 38.7 Å². The fraction of sp³-hybridized carbons (Fsp3) is 0.118. The lowest BCUT2D eigenvalue weighted by atomic mass is 10.1. The zero-order chi connectivity index (χ0) is 13.9. The van der Waals surface area contributed by atoms with Gasteiger partial charge in [0, 0.05) is 34.9 Å². The largest absolute Gasteiger partial charge is 0.261 e. The standard InChI is InChI=1S/C17H15N3/c1-12-14(6-4-10-18-12)16-8-3-9-17(20-16)15-7-5-11-19-13(15)2/h3-11H,1-2H3. The summed E-state index contributed by atoms with van der Waals surface area (Å²) in [5.74, 6) is 0. The Morgan fingerprint density at radius 1 is 0.650 bits per heavy atom. The Labute approximate surface area is 118 Å². The maximum Gasteiger partial charge on any atom is 0.0727 e. The van der Waals surface area contributed by atoms with Gasteiger partial charge in [0.15, 0.2) is 0 Å². The molecule has 0 atom stereocenters. The fourth-order valence-corrected chi connectivity index (χ4v) is 2.24. The van der Waals surface area contributed by atoms with E-state index in [1.165, 1.54) is 0 Å². The molecule has 0 amide bonds. The highest BCUT2D eigenvalue weighted by atomic mass is 14.7. The van der Waals surface area contributed by atoms with E-state index in [9.17, 15) is 0 Å². The predicted octanol–water partition coefficient (Wildman–Crippen LogP) is 3.82. The first-order valence-corrected chi connectivity index (χ1v) is 6.57. The molecule has 0 unspecified atom stereocenters. The second kappa shape index (κ2) is 5.21. The Morgan fingerprint density at radius 2 is 1.15 bits per heavy atom. The number of rotatable bonds is 2. The summed E-state index contributed by atoms with van der Waals surface area (Å²) in [4.78, 5) is 13.4. The molecule has 0 aliphatic rings. The van der Waals surface area contributed by atoms with Crippen molar-refractivity contribution in [3.63, 3.8) is 0 Å². The second-order valence-corrected chi connectivity index (χ2v) is 4.68. The molecule has 0 N–H and O–H groups in total. The van der Waals surface area contributed by atoms with Gasteiger partial charge in [-0.05, 0) is 50.2 Å². The van der Waals surface area contributed by atoms with E-state index in [1.54, 1.807) is 12.4 Å². The van der Waals surface area contributed by atoms with Crippen molar-refractivity contribution in [3.05, 3.63) is 66.2 Å². The lowest BCUT2D eigenvalue weighted by Crippen LogP contribution is -1.93. The molecule has 0 aliphatic heterocycles. The molecule has 3 rings (SSSR count). The summed E-state index contributed by atoms with van der Waals surface area (Å²) in [7, 11) is 0. The average molecular weight is 261 g/mol. The van der Waals surface area contributed by atoms with Crippen LogP contribution in [0.5, 0.6) is 0 Å². The summed E-state index contributed by atoms with van der Waals surface area (Å²) in [6, 6.07) is 14.0. The van der Waals surface area contributed by atoms with Crippen molar-refractivity contribution in [2.75, 3.05) is 0 Å². The molecule has 3 heterocycles. The van der Waals surface area contributed by atoms with Gasteiger partial charge >= 0.3 is 0 Å². The Morgan fingerprint density at radius 3 is 1.60 bits per heavy atom. The van der Waals surface area contributed by atoms with Gasteiger partial charge in [-0.1, -0.05) is 6.07 Å². The highest BCUT2D eigenvalue weighted by Crippen LogP contribution is 2.24. The second-order valence-electron chi connectivity index (χ2n) is 4.68. The van der Waals surface area contributed by atoms with E-state index in [0.29, 0.717) is 0 Å². The van der Waals surface area contributed by atoms with Crippen molar-refractivity contribution in [2.45, 2.75) is 13.8 Å². The lowest BCUT2D eigenvalue weighted by molar-refractivity contribution is 1.17. The molecule has 3 aromatic heterocycles. The molecule has 3 heteroatoms. The van der Waals surface area contributed by atoms with Crippen molar-refractivity contribution in [1.82, 2.24) is 15.0 Å². The van der Waals surface area contributed by atoms with Crippen molar-refractivity contribution in [1.29, 1.82) is 0 Å². The molecule has 20 heavy (non-hydrogen) atoms. The van der Waals surface area contributed by atoms with Crippen LogP contribution in [-0.4, -0.2) is 15.0 Å². The van der Waals surface area contributed by atoms with Crippen LogP contribution in [0.4, 0.5) is 0 Å². The third-order valence-electron chi connectivity index (χ3n) is 3.31. The van der Waals surface area contributed by atoms with Crippen LogP contribution in [0.25, 0.3) is 22.5 Å². The molecule has 0 saturated heterocycles. The summed E-state index contributed by atoms with van der Waals surface area (Å²) in [5, 5.41) is 0. The third kappa shape index (κ3) is 2.30. The minimum Gasteiger partial charge on any atom is -0.261 e. The van der Waals surface area contributed by atoms with Gasteiger partial charge in [-0.25, -0.2) is 4.98 Å². The summed E-state index contributed by atoms with van der Waals surface area (Å²) in [5.41, 5.74) is 5.99. The number of hydrogen-bond acceptors (Lipinski definition) is 3. The molecule has 3 aromatic rings. The maximum atomic E-state index is 4.75. The molecule has 3 nitrogen and oxygen atoms in total. The van der Waals surface area contributed by atoms with Gasteiger partial charge in [0.05, 0.1) is 11.4 Å². The van der Waals surface area contributed by atoms with Crippen molar-refractivity contribution < 1.29 is 0 Å². The van der Waals surface area contributed by atoms with Gasteiger partial charge in [0.25, 0.3) is 0 Å². The monoisotopic (exact) mass is 261 g/mol. The first-order valence-electron chi connectivity index (χ1n) is 6.57. The van der Waals surface area contributed by atoms with Crippen LogP contribution in [0.1, 0.15) is 11.4 Å². The van der Waals surface area contributed by atoms with Gasteiger partial charge in [0.2, 0.25) is 0 Å². The first kappa shape index (κ1) is 12.5. The molecule has 0 bridgehead atoms. The van der Waals surface area contributed by atoms with E-state index < -0.39 is 0 Å². The van der Waals surface area contributed by atoms with Gasteiger partial charge in [-0.2, -0.15) is 0 Å². The molecule has 0 aromatic carbocycles. The van der Waals surface area contributed by atoms with E-state index in [0.717, 1.165) is 33.9 Å². The molecule has 0 spiro atoms. The van der Waals surface area contributed by atoms with E-state index in [-0.39, 0.29) is 0 Å².